The van der Waals surface area contributed by atoms with E-state index in [0.29, 0.717) is 22.5 Å². The third-order valence-electron chi connectivity index (χ3n) is 5.44. The molecule has 1 saturated heterocycles. The molecule has 4 N–H and O–H groups in total. The number of hydrogen-bond acceptors (Lipinski definition) is 5. The summed E-state index contributed by atoms with van der Waals surface area (Å²) in [6, 6.07) is 13.5. The summed E-state index contributed by atoms with van der Waals surface area (Å²) in [6.45, 7) is 7.56. The fourth-order valence-electron chi connectivity index (χ4n) is 3.79. The number of sulfonamides is 1. The van der Waals surface area contributed by atoms with Crippen molar-refractivity contribution in [2.24, 2.45) is 5.14 Å². The van der Waals surface area contributed by atoms with E-state index in [1.165, 1.54) is 41.3 Å². The van der Waals surface area contributed by atoms with Gasteiger partial charge in [-0.3, -0.25) is 4.79 Å². The fourth-order valence-corrected chi connectivity index (χ4v) is 4.76. The SMILES string of the molecule is [C-]#[N+]c1cccc(F)c1Oc1cc([C@H]2CC(=O)N(c3ccc(S(N)(=O)=O)c(N)c3)C2)ccc1Br. The lowest BCUT2D eigenvalue weighted by atomic mass is 9.98. The van der Waals surface area contributed by atoms with Gasteiger partial charge in [0.15, 0.2) is 11.6 Å². The molecular weight excluding hydrogens is 527 g/mol. The number of amides is 1. The maximum atomic E-state index is 14.3. The highest BCUT2D eigenvalue weighted by molar-refractivity contribution is 9.10. The predicted octanol–water partition coefficient (Wildman–Crippen LogP) is 4.68. The lowest BCUT2D eigenvalue weighted by Crippen LogP contribution is -2.24. The van der Waals surface area contributed by atoms with E-state index in [1.54, 1.807) is 12.1 Å². The molecule has 1 heterocycles. The van der Waals surface area contributed by atoms with Crippen molar-refractivity contribution in [1.29, 1.82) is 0 Å². The van der Waals surface area contributed by atoms with Crippen molar-refractivity contribution in [1.82, 2.24) is 0 Å². The Morgan fingerprint density at radius 2 is 1.94 bits per heavy atom. The molecule has 1 amide bonds. The Bertz CT molecular complexity index is 1460. The molecule has 0 bridgehead atoms. The first-order valence-electron chi connectivity index (χ1n) is 9.94. The number of primary sulfonamides is 1. The molecule has 0 unspecified atom stereocenters. The van der Waals surface area contributed by atoms with Crippen LogP contribution in [0.15, 0.2) is 64.0 Å². The Labute approximate surface area is 203 Å². The molecule has 3 aromatic carbocycles. The first-order chi connectivity index (χ1) is 16.1. The van der Waals surface area contributed by atoms with Gasteiger partial charge in [-0.1, -0.05) is 18.2 Å². The summed E-state index contributed by atoms with van der Waals surface area (Å²) in [5.41, 5.74) is 7.08. The van der Waals surface area contributed by atoms with Gasteiger partial charge in [0, 0.05) is 24.6 Å². The Balaban J connectivity index is 1.61. The predicted molar refractivity (Wildman–Crippen MR) is 129 cm³/mol. The van der Waals surface area contributed by atoms with Crippen LogP contribution < -0.4 is 20.5 Å². The van der Waals surface area contributed by atoms with Gasteiger partial charge in [0.1, 0.15) is 10.6 Å². The molecular formula is C23H18BrFN4O4S. The van der Waals surface area contributed by atoms with Crippen LogP contribution >= 0.6 is 15.9 Å². The highest BCUT2D eigenvalue weighted by Crippen LogP contribution is 2.40. The monoisotopic (exact) mass is 544 g/mol. The van der Waals surface area contributed by atoms with Crippen LogP contribution in [0.25, 0.3) is 4.85 Å². The summed E-state index contributed by atoms with van der Waals surface area (Å²) < 4.78 is 43.8. The number of ether oxygens (including phenoxy) is 1. The average Bonchev–Trinajstić information content (AvgIpc) is 3.17. The van der Waals surface area contributed by atoms with E-state index in [0.717, 1.165) is 5.56 Å². The minimum Gasteiger partial charge on any atom is -0.464 e. The molecule has 0 aliphatic carbocycles. The minimum absolute atomic E-state index is 0.0417. The van der Waals surface area contributed by atoms with Gasteiger partial charge in [0.2, 0.25) is 21.6 Å². The molecule has 34 heavy (non-hydrogen) atoms. The summed E-state index contributed by atoms with van der Waals surface area (Å²) in [5.74, 6) is -0.899. The van der Waals surface area contributed by atoms with Crippen molar-refractivity contribution in [2.45, 2.75) is 17.2 Å². The summed E-state index contributed by atoms with van der Waals surface area (Å²) in [4.78, 5) is 17.4. The number of carbonyl (C=O) groups is 1. The molecule has 0 radical (unpaired) electrons. The number of nitrogens with two attached hydrogens (primary N) is 2. The number of halogens is 2. The van der Waals surface area contributed by atoms with Crippen molar-refractivity contribution in [3.8, 4) is 11.5 Å². The molecule has 1 atom stereocenters. The second kappa shape index (κ2) is 9.06. The number of rotatable bonds is 5. The Morgan fingerprint density at radius 1 is 1.18 bits per heavy atom. The number of hydrogen-bond donors (Lipinski definition) is 2. The first kappa shape index (κ1) is 23.7. The number of anilines is 2. The van der Waals surface area contributed by atoms with E-state index in [4.69, 9.17) is 22.2 Å². The van der Waals surface area contributed by atoms with Crippen molar-refractivity contribution in [3.63, 3.8) is 0 Å². The van der Waals surface area contributed by atoms with Crippen molar-refractivity contribution >= 4 is 48.9 Å². The van der Waals surface area contributed by atoms with Crippen molar-refractivity contribution < 1.29 is 22.3 Å². The largest absolute Gasteiger partial charge is 0.464 e. The Hall–Kier alpha value is -3.46. The second-order valence-corrected chi connectivity index (χ2v) is 10.0. The highest BCUT2D eigenvalue weighted by atomic mass is 79.9. The van der Waals surface area contributed by atoms with Crippen LogP contribution in [0.1, 0.15) is 17.9 Å². The Kier molecular flexibility index (Phi) is 6.31. The van der Waals surface area contributed by atoms with E-state index in [2.05, 4.69) is 20.8 Å². The minimum atomic E-state index is -3.98. The standard InChI is InChI=1S/C23H18BrFN4O4S/c1-28-19-4-2-3-17(25)23(19)33-20-9-13(5-7-16(20)24)14-10-22(30)29(12-14)15-6-8-21(18(26)11-15)34(27,31)32/h2-9,11,14H,10,12,26H2,(H2,27,31,32)/t14-/m0/s1. The van der Waals surface area contributed by atoms with Gasteiger partial charge >= 0.3 is 0 Å². The Morgan fingerprint density at radius 3 is 2.62 bits per heavy atom. The normalized spacial score (nSPS) is 15.9. The van der Waals surface area contributed by atoms with E-state index in [1.807, 2.05) is 6.07 Å². The van der Waals surface area contributed by atoms with Gasteiger partial charge in [0.25, 0.3) is 0 Å². The molecule has 174 valence electrons. The molecule has 0 aromatic heterocycles. The topological polar surface area (TPSA) is 120 Å². The van der Waals surface area contributed by atoms with Crippen LogP contribution in [-0.4, -0.2) is 20.9 Å². The van der Waals surface area contributed by atoms with Crippen LogP contribution in [0.5, 0.6) is 11.5 Å². The van der Waals surface area contributed by atoms with Gasteiger partial charge in [-0.15, -0.1) is 0 Å². The molecule has 1 fully saturated rings. The van der Waals surface area contributed by atoms with Gasteiger partial charge < -0.3 is 15.4 Å². The number of para-hydroxylation sites is 1. The van der Waals surface area contributed by atoms with Crippen LogP contribution in [0.4, 0.5) is 21.5 Å². The third-order valence-corrected chi connectivity index (χ3v) is 7.08. The number of carbonyl (C=O) groups excluding carboxylic acids is 1. The maximum Gasteiger partial charge on any atom is 0.240 e. The summed E-state index contributed by atoms with van der Waals surface area (Å²) in [7, 11) is -3.98. The molecule has 8 nitrogen and oxygen atoms in total. The van der Waals surface area contributed by atoms with Gasteiger partial charge in [0.05, 0.1) is 16.7 Å². The number of nitrogens with zero attached hydrogens (tertiary/aromatic N) is 2. The lowest BCUT2D eigenvalue weighted by molar-refractivity contribution is -0.117. The van der Waals surface area contributed by atoms with Crippen LogP contribution in [0.2, 0.25) is 0 Å². The third kappa shape index (κ3) is 4.61. The van der Waals surface area contributed by atoms with E-state index >= 15 is 0 Å². The van der Waals surface area contributed by atoms with Gasteiger partial charge in [-0.2, -0.15) is 0 Å². The van der Waals surface area contributed by atoms with Crippen molar-refractivity contribution in [2.75, 3.05) is 17.2 Å². The van der Waals surface area contributed by atoms with Crippen molar-refractivity contribution in [3.05, 3.63) is 81.9 Å². The van der Waals surface area contributed by atoms with Gasteiger partial charge in [-0.25, -0.2) is 22.8 Å². The second-order valence-electron chi connectivity index (χ2n) is 7.66. The molecule has 4 rings (SSSR count). The fraction of sp³-hybridized carbons (Fsp3) is 0.130. The molecule has 0 saturated carbocycles. The zero-order valence-corrected chi connectivity index (χ0v) is 19.9. The zero-order chi connectivity index (χ0) is 24.6. The molecule has 1 aliphatic heterocycles. The van der Waals surface area contributed by atoms with Gasteiger partial charge in [-0.05, 0) is 57.9 Å². The number of nitrogen functional groups attached to an aromatic ring is 1. The molecule has 0 spiro atoms. The van der Waals surface area contributed by atoms with E-state index < -0.39 is 15.8 Å². The smallest absolute Gasteiger partial charge is 0.240 e. The summed E-state index contributed by atoms with van der Waals surface area (Å²) in [6.07, 6.45) is 0.199. The zero-order valence-electron chi connectivity index (χ0n) is 17.5. The summed E-state index contributed by atoms with van der Waals surface area (Å²) in [5, 5.41) is 5.15. The lowest BCUT2D eigenvalue weighted by Gasteiger charge is -2.19. The van der Waals surface area contributed by atoms with Crippen LogP contribution in [0, 0.1) is 12.4 Å². The first-order valence-corrected chi connectivity index (χ1v) is 12.3. The molecule has 3 aromatic rings. The average molecular weight is 545 g/mol. The van der Waals surface area contributed by atoms with Crippen LogP contribution in [0.3, 0.4) is 0 Å². The molecule has 11 heteroatoms. The summed E-state index contributed by atoms with van der Waals surface area (Å²) >= 11 is 3.38. The quantitative estimate of drug-likeness (QED) is 0.356. The highest BCUT2D eigenvalue weighted by Gasteiger charge is 2.32. The van der Waals surface area contributed by atoms with E-state index in [9.17, 15) is 17.6 Å². The van der Waals surface area contributed by atoms with Crippen LogP contribution in [-0.2, 0) is 14.8 Å². The van der Waals surface area contributed by atoms with E-state index in [-0.39, 0.29) is 40.3 Å². The molecule has 1 aliphatic rings. The maximum absolute atomic E-state index is 14.3. The number of benzene rings is 3.